The van der Waals surface area contributed by atoms with Gasteiger partial charge in [-0.25, -0.2) is 9.67 Å². The largest absolute Gasteiger partial charge is 0.379 e. The van der Waals surface area contributed by atoms with Crippen LogP contribution in [-0.2, 0) is 16.0 Å². The van der Waals surface area contributed by atoms with Gasteiger partial charge in [-0.1, -0.05) is 17.7 Å². The number of benzene rings is 1. The number of morpholine rings is 1. The fraction of sp³-hybridized carbons (Fsp3) is 0.429. The third-order valence-electron chi connectivity index (χ3n) is 6.96. The van der Waals surface area contributed by atoms with E-state index in [4.69, 9.17) is 14.8 Å². The molecule has 1 N–H and O–H groups in total. The topological polar surface area (TPSA) is 93.8 Å². The number of hydrogen-bond acceptors (Lipinski definition) is 7. The maximum absolute atomic E-state index is 13.8. The lowest BCUT2D eigenvalue weighted by Crippen LogP contribution is -2.38. The molecule has 0 bridgehead atoms. The predicted octanol–water partition coefficient (Wildman–Crippen LogP) is 3.22. The van der Waals surface area contributed by atoms with Gasteiger partial charge in [-0.15, -0.1) is 11.3 Å². The number of aryl methyl sites for hydroxylation is 4. The van der Waals surface area contributed by atoms with Crippen LogP contribution in [0.2, 0.25) is 0 Å². The summed E-state index contributed by atoms with van der Waals surface area (Å²) in [4.78, 5) is 34.1. The van der Waals surface area contributed by atoms with Crippen molar-refractivity contribution in [2.45, 2.75) is 40.5 Å². The van der Waals surface area contributed by atoms with Crippen LogP contribution in [0.25, 0.3) is 21.9 Å². The molecular formula is C28H34N6O3S. The van der Waals surface area contributed by atoms with Crippen molar-refractivity contribution in [1.82, 2.24) is 29.4 Å². The second kappa shape index (κ2) is 11.2. The molecule has 0 aliphatic carbocycles. The summed E-state index contributed by atoms with van der Waals surface area (Å²) in [5, 5.41) is 9.65. The molecule has 1 aliphatic heterocycles. The summed E-state index contributed by atoms with van der Waals surface area (Å²) in [7, 11) is 0. The average Bonchev–Trinajstić information content (AvgIpc) is 3.45. The van der Waals surface area contributed by atoms with Crippen LogP contribution in [0.15, 0.2) is 34.4 Å². The highest BCUT2D eigenvalue weighted by Gasteiger charge is 2.20. The first-order chi connectivity index (χ1) is 18.3. The first kappa shape index (κ1) is 26.3. The Balaban J connectivity index is 1.36. The van der Waals surface area contributed by atoms with Gasteiger partial charge in [0.2, 0.25) is 5.91 Å². The summed E-state index contributed by atoms with van der Waals surface area (Å²) < 4.78 is 8.81. The number of thiazole rings is 1. The number of rotatable bonds is 8. The number of aromatic nitrogens is 4. The van der Waals surface area contributed by atoms with Crippen LogP contribution in [0.3, 0.4) is 0 Å². The molecule has 0 spiro atoms. The average molecular weight is 535 g/mol. The Labute approximate surface area is 226 Å². The lowest BCUT2D eigenvalue weighted by Gasteiger charge is -2.26. The van der Waals surface area contributed by atoms with Crippen molar-refractivity contribution < 1.29 is 9.53 Å². The van der Waals surface area contributed by atoms with E-state index in [0.717, 1.165) is 56.2 Å². The quantitative estimate of drug-likeness (QED) is 0.349. The number of carbonyl (C=O) groups excluding carboxylic acids is 1. The van der Waals surface area contributed by atoms with E-state index in [9.17, 15) is 9.59 Å². The van der Waals surface area contributed by atoms with Crippen LogP contribution in [-0.4, -0.2) is 69.4 Å². The third-order valence-corrected chi connectivity index (χ3v) is 7.84. The van der Waals surface area contributed by atoms with Crippen molar-refractivity contribution in [2.75, 3.05) is 39.4 Å². The van der Waals surface area contributed by atoms with Crippen LogP contribution < -0.4 is 10.9 Å². The second-order valence-corrected chi connectivity index (χ2v) is 10.8. The number of nitrogens with one attached hydrogen (secondary N) is 1. The molecule has 3 aromatic heterocycles. The maximum atomic E-state index is 13.8. The van der Waals surface area contributed by atoms with E-state index >= 15 is 0 Å². The predicted molar refractivity (Wildman–Crippen MR) is 149 cm³/mol. The van der Waals surface area contributed by atoms with E-state index in [1.54, 1.807) is 4.40 Å². The van der Waals surface area contributed by atoms with Crippen molar-refractivity contribution in [3.05, 3.63) is 68.2 Å². The molecule has 4 heterocycles. The Morgan fingerprint density at radius 3 is 2.68 bits per heavy atom. The van der Waals surface area contributed by atoms with Gasteiger partial charge in [0.25, 0.3) is 5.56 Å². The Morgan fingerprint density at radius 1 is 1.13 bits per heavy atom. The molecule has 1 aromatic carbocycles. The molecule has 4 aromatic rings. The van der Waals surface area contributed by atoms with Gasteiger partial charge in [-0.3, -0.25) is 18.9 Å². The molecule has 0 radical (unpaired) electrons. The molecule has 200 valence electrons. The standard InChI is InChI=1S/C28H34N6O3S/c1-18-6-7-24(19(2)14-18)34-20(3)15-23(31-34)26-21(4)30-28-33(27(26)36)22(17-38-28)16-25(35)29-8-5-9-32-10-12-37-13-11-32/h6-7,14-15,17H,5,8-13,16H2,1-4H3,(H,29,35). The van der Waals surface area contributed by atoms with Crippen molar-refractivity contribution in [2.24, 2.45) is 0 Å². The van der Waals surface area contributed by atoms with Crippen LogP contribution in [0.5, 0.6) is 0 Å². The molecule has 0 atom stereocenters. The van der Waals surface area contributed by atoms with Gasteiger partial charge in [-0.2, -0.15) is 5.10 Å². The van der Waals surface area contributed by atoms with E-state index in [1.807, 2.05) is 36.0 Å². The van der Waals surface area contributed by atoms with Crippen molar-refractivity contribution in [1.29, 1.82) is 0 Å². The van der Waals surface area contributed by atoms with Gasteiger partial charge in [0.15, 0.2) is 4.96 Å². The molecule has 1 fully saturated rings. The van der Waals surface area contributed by atoms with Gasteiger partial charge < -0.3 is 10.1 Å². The summed E-state index contributed by atoms with van der Waals surface area (Å²) in [6, 6.07) is 8.15. The number of ether oxygens (including phenoxy) is 1. The molecule has 9 nitrogen and oxygen atoms in total. The van der Waals surface area contributed by atoms with Gasteiger partial charge in [0.1, 0.15) is 5.69 Å². The number of amides is 1. The van der Waals surface area contributed by atoms with E-state index in [1.165, 1.54) is 16.9 Å². The van der Waals surface area contributed by atoms with Gasteiger partial charge in [-0.05, 0) is 58.4 Å². The zero-order chi connectivity index (χ0) is 26.8. The summed E-state index contributed by atoms with van der Waals surface area (Å²) in [6.45, 7) is 12.9. The van der Waals surface area contributed by atoms with Crippen LogP contribution >= 0.6 is 11.3 Å². The molecule has 1 saturated heterocycles. The van der Waals surface area contributed by atoms with E-state index < -0.39 is 0 Å². The number of carbonyl (C=O) groups is 1. The Hall–Kier alpha value is -3.34. The molecule has 0 unspecified atom stereocenters. The summed E-state index contributed by atoms with van der Waals surface area (Å²) in [5.41, 5.74) is 6.31. The van der Waals surface area contributed by atoms with Gasteiger partial charge >= 0.3 is 0 Å². The zero-order valence-corrected chi connectivity index (χ0v) is 23.2. The van der Waals surface area contributed by atoms with Crippen LogP contribution in [0.1, 0.15) is 34.6 Å². The van der Waals surface area contributed by atoms with Gasteiger partial charge in [0, 0.05) is 36.4 Å². The van der Waals surface area contributed by atoms with E-state index in [0.29, 0.717) is 34.2 Å². The molecule has 10 heteroatoms. The Bertz CT molecular complexity index is 1530. The van der Waals surface area contributed by atoms with Crippen molar-refractivity contribution >= 4 is 22.2 Å². The zero-order valence-electron chi connectivity index (χ0n) is 22.4. The highest BCUT2D eigenvalue weighted by molar-refractivity contribution is 7.15. The Kier molecular flexibility index (Phi) is 7.73. The molecule has 1 aliphatic rings. The minimum atomic E-state index is -0.200. The fourth-order valence-corrected chi connectivity index (χ4v) is 5.92. The summed E-state index contributed by atoms with van der Waals surface area (Å²) in [6.07, 6.45) is 1.00. The van der Waals surface area contributed by atoms with E-state index in [-0.39, 0.29) is 17.9 Å². The van der Waals surface area contributed by atoms with Gasteiger partial charge in [0.05, 0.1) is 36.6 Å². The molecule has 0 saturated carbocycles. The second-order valence-electron chi connectivity index (χ2n) is 9.93. The highest BCUT2D eigenvalue weighted by atomic mass is 32.1. The lowest BCUT2D eigenvalue weighted by molar-refractivity contribution is -0.120. The van der Waals surface area contributed by atoms with Crippen LogP contribution in [0.4, 0.5) is 0 Å². The fourth-order valence-electron chi connectivity index (χ4n) is 4.99. The SMILES string of the molecule is Cc1ccc(-n2nc(-c3c(C)nc4scc(CC(=O)NCCCN5CCOCC5)n4c3=O)cc2C)c(C)c1. The smallest absolute Gasteiger partial charge is 0.268 e. The van der Waals surface area contributed by atoms with Crippen molar-refractivity contribution in [3.8, 4) is 16.9 Å². The maximum Gasteiger partial charge on any atom is 0.268 e. The number of hydrogen-bond donors (Lipinski definition) is 1. The molecule has 1 amide bonds. The molecule has 5 rings (SSSR count). The Morgan fingerprint density at radius 2 is 1.92 bits per heavy atom. The van der Waals surface area contributed by atoms with Crippen LogP contribution in [0, 0.1) is 27.7 Å². The monoisotopic (exact) mass is 534 g/mol. The lowest BCUT2D eigenvalue weighted by atomic mass is 10.1. The summed E-state index contributed by atoms with van der Waals surface area (Å²) >= 11 is 1.37. The van der Waals surface area contributed by atoms with E-state index in [2.05, 4.69) is 36.2 Å². The number of fused-ring (bicyclic) bond motifs is 1. The molecular weight excluding hydrogens is 500 g/mol. The minimum absolute atomic E-state index is 0.101. The highest BCUT2D eigenvalue weighted by Crippen LogP contribution is 2.25. The minimum Gasteiger partial charge on any atom is -0.379 e. The first-order valence-electron chi connectivity index (χ1n) is 13.0. The number of nitrogens with zero attached hydrogens (tertiary/aromatic N) is 5. The van der Waals surface area contributed by atoms with Crippen molar-refractivity contribution in [3.63, 3.8) is 0 Å². The normalized spacial score (nSPS) is 14.3. The third kappa shape index (κ3) is 5.43. The first-order valence-corrected chi connectivity index (χ1v) is 13.9. The summed E-state index contributed by atoms with van der Waals surface area (Å²) in [5.74, 6) is -0.101. The molecule has 38 heavy (non-hydrogen) atoms.